The van der Waals surface area contributed by atoms with Gasteiger partial charge < -0.3 is 10.8 Å². The van der Waals surface area contributed by atoms with E-state index in [0.29, 0.717) is 18.4 Å². The summed E-state index contributed by atoms with van der Waals surface area (Å²) >= 11 is 0. The topological polar surface area (TPSA) is 46.2 Å². The Morgan fingerprint density at radius 3 is 2.57 bits per heavy atom. The van der Waals surface area contributed by atoms with Gasteiger partial charge in [0.15, 0.2) is 0 Å². The van der Waals surface area contributed by atoms with Crippen molar-refractivity contribution in [3.8, 4) is 0 Å². The summed E-state index contributed by atoms with van der Waals surface area (Å²) in [4.78, 5) is 0. The van der Waals surface area contributed by atoms with E-state index in [-0.39, 0.29) is 11.5 Å². The summed E-state index contributed by atoms with van der Waals surface area (Å²) in [5.41, 5.74) is 7.60. The molecule has 0 radical (unpaired) electrons. The highest BCUT2D eigenvalue weighted by molar-refractivity contribution is 5.09. The minimum absolute atomic E-state index is 0.00769. The van der Waals surface area contributed by atoms with Gasteiger partial charge in [-0.05, 0) is 63.2 Å². The highest BCUT2D eigenvalue weighted by atomic mass is 16.3. The van der Waals surface area contributed by atoms with Crippen molar-refractivity contribution < 1.29 is 5.11 Å². The summed E-state index contributed by atoms with van der Waals surface area (Å²) in [6, 6.07) is 0. The van der Waals surface area contributed by atoms with Gasteiger partial charge in [-0.25, -0.2) is 0 Å². The van der Waals surface area contributed by atoms with Crippen LogP contribution in [0.15, 0.2) is 11.6 Å². The van der Waals surface area contributed by atoms with Crippen LogP contribution in [0.3, 0.4) is 0 Å². The first-order valence-electron chi connectivity index (χ1n) is 9.06. The number of rotatable bonds is 5. The molecular weight excluding hydrogens is 258 g/mol. The first-order valence-corrected chi connectivity index (χ1v) is 9.06. The summed E-state index contributed by atoms with van der Waals surface area (Å²) in [5.74, 6) is 1.88. The quantitative estimate of drug-likeness (QED) is 0.743. The first kappa shape index (κ1) is 17.0. The molecule has 2 rings (SSSR count). The van der Waals surface area contributed by atoms with Crippen molar-refractivity contribution in [3.05, 3.63) is 11.6 Å². The third kappa shape index (κ3) is 3.90. The standard InChI is InChI=1S/C19H35NO/c1-4-5-16-6-8-19(13-20,9-7-16)18(21)17-11-14(2)10-15(3)12-17/h10,14,16-18,21H,4-9,11-13,20H2,1-3H3. The zero-order chi connectivity index (χ0) is 15.5. The first-order chi connectivity index (χ1) is 10.0. The fourth-order valence-corrected chi connectivity index (χ4v) is 4.91. The molecule has 0 spiro atoms. The second-order valence-corrected chi connectivity index (χ2v) is 7.93. The van der Waals surface area contributed by atoms with Gasteiger partial charge in [0, 0.05) is 12.0 Å². The Kier molecular flexibility index (Phi) is 5.90. The van der Waals surface area contributed by atoms with Crippen LogP contribution in [-0.2, 0) is 0 Å². The van der Waals surface area contributed by atoms with Crippen molar-refractivity contribution in [2.75, 3.05) is 6.54 Å². The molecule has 1 fully saturated rings. The van der Waals surface area contributed by atoms with Crippen molar-refractivity contribution in [1.29, 1.82) is 0 Å². The average molecular weight is 293 g/mol. The van der Waals surface area contributed by atoms with E-state index in [1.165, 1.54) is 31.3 Å². The highest BCUT2D eigenvalue weighted by Crippen LogP contribution is 2.46. The zero-order valence-corrected chi connectivity index (χ0v) is 14.3. The smallest absolute Gasteiger partial charge is 0.0639 e. The second-order valence-electron chi connectivity index (χ2n) is 7.93. The molecule has 1 saturated carbocycles. The lowest BCUT2D eigenvalue weighted by Crippen LogP contribution is -2.48. The van der Waals surface area contributed by atoms with E-state index in [4.69, 9.17) is 5.73 Å². The molecule has 0 aromatic carbocycles. The van der Waals surface area contributed by atoms with Crippen LogP contribution in [0.25, 0.3) is 0 Å². The van der Waals surface area contributed by atoms with Crippen molar-refractivity contribution in [3.63, 3.8) is 0 Å². The molecular formula is C19H35NO. The summed E-state index contributed by atoms with van der Waals surface area (Å²) in [6.07, 6.45) is 11.8. The lowest BCUT2D eigenvalue weighted by Gasteiger charge is -2.46. The normalized spacial score (nSPS) is 38.9. The molecule has 0 saturated heterocycles. The van der Waals surface area contributed by atoms with Crippen LogP contribution < -0.4 is 5.73 Å². The number of aliphatic hydroxyl groups excluding tert-OH is 1. The SMILES string of the molecule is CCCC1CCC(CN)(C(O)C2CC(C)=CC(C)C2)CC1. The van der Waals surface area contributed by atoms with Crippen LogP contribution in [0.2, 0.25) is 0 Å². The van der Waals surface area contributed by atoms with E-state index in [9.17, 15) is 5.11 Å². The van der Waals surface area contributed by atoms with Crippen LogP contribution in [-0.4, -0.2) is 17.8 Å². The maximum atomic E-state index is 11.1. The molecule has 2 aliphatic rings. The van der Waals surface area contributed by atoms with E-state index in [0.717, 1.165) is 31.6 Å². The molecule has 2 aliphatic carbocycles. The summed E-state index contributed by atoms with van der Waals surface area (Å²) in [7, 11) is 0. The zero-order valence-electron chi connectivity index (χ0n) is 14.3. The molecule has 122 valence electrons. The van der Waals surface area contributed by atoms with Crippen LogP contribution >= 0.6 is 0 Å². The summed E-state index contributed by atoms with van der Waals surface area (Å²) < 4.78 is 0. The number of allylic oxidation sites excluding steroid dienone is 2. The number of hydrogen-bond acceptors (Lipinski definition) is 2. The molecule has 0 aromatic heterocycles. The Labute approximate surface area is 131 Å². The summed E-state index contributed by atoms with van der Waals surface area (Å²) in [6.45, 7) is 7.41. The third-order valence-electron chi connectivity index (χ3n) is 6.11. The Bertz CT molecular complexity index is 355. The summed E-state index contributed by atoms with van der Waals surface area (Å²) in [5, 5.41) is 11.1. The number of hydrogen-bond donors (Lipinski definition) is 2. The minimum atomic E-state index is -0.212. The van der Waals surface area contributed by atoms with Gasteiger partial charge >= 0.3 is 0 Å². The average Bonchev–Trinajstić information content (AvgIpc) is 2.47. The monoisotopic (exact) mass is 293 g/mol. The minimum Gasteiger partial charge on any atom is -0.392 e. The van der Waals surface area contributed by atoms with Crippen LogP contribution in [0.4, 0.5) is 0 Å². The second kappa shape index (κ2) is 7.28. The van der Waals surface area contributed by atoms with Gasteiger partial charge in [0.2, 0.25) is 0 Å². The molecule has 0 heterocycles. The molecule has 3 N–H and O–H groups in total. The van der Waals surface area contributed by atoms with Gasteiger partial charge in [0.05, 0.1) is 6.10 Å². The molecule has 21 heavy (non-hydrogen) atoms. The molecule has 0 bridgehead atoms. The van der Waals surface area contributed by atoms with Gasteiger partial charge in [-0.1, -0.05) is 38.3 Å². The van der Waals surface area contributed by atoms with Crippen molar-refractivity contribution in [1.82, 2.24) is 0 Å². The van der Waals surface area contributed by atoms with E-state index < -0.39 is 0 Å². The van der Waals surface area contributed by atoms with Gasteiger partial charge in [0.1, 0.15) is 0 Å². The van der Waals surface area contributed by atoms with E-state index >= 15 is 0 Å². The molecule has 3 unspecified atom stereocenters. The van der Waals surface area contributed by atoms with Crippen molar-refractivity contribution in [2.24, 2.45) is 28.9 Å². The molecule has 2 heteroatoms. The lowest BCUT2D eigenvalue weighted by atomic mass is 9.62. The predicted molar refractivity (Wildman–Crippen MR) is 90.0 cm³/mol. The lowest BCUT2D eigenvalue weighted by molar-refractivity contribution is -0.0507. The Morgan fingerprint density at radius 1 is 1.38 bits per heavy atom. The van der Waals surface area contributed by atoms with Crippen molar-refractivity contribution >= 4 is 0 Å². The Balaban J connectivity index is 2.02. The van der Waals surface area contributed by atoms with E-state index in [1.807, 2.05) is 0 Å². The number of nitrogens with two attached hydrogens (primary N) is 1. The van der Waals surface area contributed by atoms with Crippen LogP contribution in [0.1, 0.15) is 72.1 Å². The molecule has 0 aromatic rings. The van der Waals surface area contributed by atoms with Gasteiger partial charge in [0.25, 0.3) is 0 Å². The van der Waals surface area contributed by atoms with Crippen LogP contribution in [0, 0.1) is 23.2 Å². The highest BCUT2D eigenvalue weighted by Gasteiger charge is 2.43. The van der Waals surface area contributed by atoms with Gasteiger partial charge in [-0.15, -0.1) is 0 Å². The molecule has 3 atom stereocenters. The third-order valence-corrected chi connectivity index (χ3v) is 6.11. The molecule has 0 aliphatic heterocycles. The number of aliphatic hydroxyl groups is 1. The molecule has 0 amide bonds. The fraction of sp³-hybridized carbons (Fsp3) is 0.895. The van der Waals surface area contributed by atoms with Crippen LogP contribution in [0.5, 0.6) is 0 Å². The maximum absolute atomic E-state index is 11.1. The molecule has 2 nitrogen and oxygen atoms in total. The largest absolute Gasteiger partial charge is 0.392 e. The van der Waals surface area contributed by atoms with Gasteiger partial charge in [-0.2, -0.15) is 0 Å². The Hall–Kier alpha value is -0.340. The van der Waals surface area contributed by atoms with E-state index in [1.54, 1.807) is 0 Å². The maximum Gasteiger partial charge on any atom is 0.0639 e. The van der Waals surface area contributed by atoms with Gasteiger partial charge in [-0.3, -0.25) is 0 Å². The fourth-order valence-electron chi connectivity index (χ4n) is 4.91. The van der Waals surface area contributed by atoms with E-state index in [2.05, 4.69) is 26.8 Å². The predicted octanol–water partition coefficient (Wildman–Crippen LogP) is 4.28. The van der Waals surface area contributed by atoms with Crippen molar-refractivity contribution in [2.45, 2.75) is 78.2 Å². The Morgan fingerprint density at radius 2 is 2.05 bits per heavy atom.